The maximum absolute atomic E-state index is 12.1. The van der Waals surface area contributed by atoms with E-state index in [-0.39, 0.29) is 11.9 Å². The van der Waals surface area contributed by atoms with Crippen molar-refractivity contribution in [3.8, 4) is 0 Å². The van der Waals surface area contributed by atoms with Gasteiger partial charge in [0, 0.05) is 25.1 Å². The Hall–Kier alpha value is -1.65. The largest absolute Gasteiger partial charge is 0.385 e. The molecule has 2 aromatic rings. The van der Waals surface area contributed by atoms with Crippen molar-refractivity contribution >= 4 is 28.3 Å². The van der Waals surface area contributed by atoms with E-state index >= 15 is 0 Å². The summed E-state index contributed by atoms with van der Waals surface area (Å²) >= 11 is 6.12. The molecule has 0 aliphatic heterocycles. The molecular weight excluding hydrogens is 276 g/mol. The van der Waals surface area contributed by atoms with Crippen molar-refractivity contribution in [2.24, 2.45) is 0 Å². The maximum atomic E-state index is 12.1. The normalized spacial score (nSPS) is 12.3. The predicted octanol–water partition coefficient (Wildman–Crippen LogP) is 3.04. The van der Waals surface area contributed by atoms with Crippen LogP contribution in [0.2, 0.25) is 5.15 Å². The van der Waals surface area contributed by atoms with Crippen molar-refractivity contribution in [3.05, 3.63) is 41.2 Å². The number of fused-ring (bicyclic) bond motifs is 1. The van der Waals surface area contributed by atoms with Crippen LogP contribution in [0.5, 0.6) is 0 Å². The van der Waals surface area contributed by atoms with E-state index in [1.54, 1.807) is 13.2 Å². The van der Waals surface area contributed by atoms with Gasteiger partial charge in [-0.2, -0.15) is 0 Å². The van der Waals surface area contributed by atoms with Gasteiger partial charge in [-0.05, 0) is 24.8 Å². The molecule has 106 valence electrons. The second kappa shape index (κ2) is 6.68. The quantitative estimate of drug-likeness (QED) is 0.862. The molecule has 0 radical (unpaired) electrons. The predicted molar refractivity (Wildman–Crippen MR) is 80.2 cm³/mol. The third-order valence-corrected chi connectivity index (χ3v) is 3.35. The van der Waals surface area contributed by atoms with Gasteiger partial charge in [0.05, 0.1) is 0 Å². The lowest BCUT2D eigenvalue weighted by molar-refractivity contribution is 0.0925. The first kappa shape index (κ1) is 14.8. The van der Waals surface area contributed by atoms with E-state index in [4.69, 9.17) is 16.3 Å². The lowest BCUT2D eigenvalue weighted by Gasteiger charge is -2.13. The number of nitrogens with one attached hydrogen (secondary N) is 1. The molecule has 5 heteroatoms. The number of amides is 1. The summed E-state index contributed by atoms with van der Waals surface area (Å²) in [4.78, 5) is 16.3. The molecule has 1 N–H and O–H groups in total. The van der Waals surface area contributed by atoms with Crippen molar-refractivity contribution in [1.82, 2.24) is 10.3 Å². The number of ether oxygens (including phenoxy) is 1. The third kappa shape index (κ3) is 3.46. The molecule has 1 aromatic carbocycles. The van der Waals surface area contributed by atoms with Crippen LogP contribution in [-0.4, -0.2) is 30.6 Å². The summed E-state index contributed by atoms with van der Waals surface area (Å²) in [5.41, 5.74) is 0.331. The zero-order chi connectivity index (χ0) is 14.5. The molecule has 0 aliphatic carbocycles. The minimum Gasteiger partial charge on any atom is -0.385 e. The molecule has 1 amide bonds. The Balaban J connectivity index is 2.18. The van der Waals surface area contributed by atoms with Crippen molar-refractivity contribution in [2.45, 2.75) is 19.4 Å². The Morgan fingerprint density at radius 1 is 1.45 bits per heavy atom. The molecule has 1 atom stereocenters. The number of carbonyl (C=O) groups excluding carboxylic acids is 1. The van der Waals surface area contributed by atoms with Crippen LogP contribution in [0.25, 0.3) is 10.8 Å². The van der Waals surface area contributed by atoms with Gasteiger partial charge in [0.1, 0.15) is 10.8 Å². The molecule has 1 heterocycles. The fourth-order valence-electron chi connectivity index (χ4n) is 1.94. The third-order valence-electron chi connectivity index (χ3n) is 3.06. The number of rotatable bonds is 5. The second-order valence-electron chi connectivity index (χ2n) is 4.68. The molecule has 20 heavy (non-hydrogen) atoms. The summed E-state index contributed by atoms with van der Waals surface area (Å²) in [6.07, 6.45) is 0.754. The first-order chi connectivity index (χ1) is 9.61. The van der Waals surface area contributed by atoms with Crippen molar-refractivity contribution in [1.29, 1.82) is 0 Å². The molecule has 0 bridgehead atoms. The van der Waals surface area contributed by atoms with Crippen LogP contribution >= 0.6 is 11.6 Å². The summed E-state index contributed by atoms with van der Waals surface area (Å²) in [5.74, 6) is -0.221. The molecule has 0 spiro atoms. The highest BCUT2D eigenvalue weighted by Gasteiger charge is 2.13. The zero-order valence-corrected chi connectivity index (χ0v) is 12.3. The smallest absolute Gasteiger partial charge is 0.270 e. The molecule has 2 rings (SSSR count). The molecule has 1 unspecified atom stereocenters. The molecule has 0 saturated carbocycles. The standard InChI is InChI=1S/C15H17ClN2O2/c1-10(7-8-20-2)17-15(19)13-9-11-5-3-4-6-12(11)14(16)18-13/h3-6,9-10H,7-8H2,1-2H3,(H,17,19). The number of halogens is 1. The average molecular weight is 293 g/mol. The van der Waals surface area contributed by atoms with Crippen LogP contribution < -0.4 is 5.32 Å². The minimum atomic E-state index is -0.221. The Labute approximate surface area is 123 Å². The Morgan fingerprint density at radius 3 is 2.95 bits per heavy atom. The van der Waals surface area contributed by atoms with Crippen molar-refractivity contribution in [2.75, 3.05) is 13.7 Å². The van der Waals surface area contributed by atoms with Gasteiger partial charge in [0.15, 0.2) is 0 Å². The molecule has 0 fully saturated rings. The Morgan fingerprint density at radius 2 is 2.20 bits per heavy atom. The van der Waals surface area contributed by atoms with E-state index in [2.05, 4.69) is 10.3 Å². The zero-order valence-electron chi connectivity index (χ0n) is 11.5. The summed E-state index contributed by atoms with van der Waals surface area (Å²) in [6.45, 7) is 2.53. The van der Waals surface area contributed by atoms with Gasteiger partial charge in [-0.1, -0.05) is 35.9 Å². The maximum Gasteiger partial charge on any atom is 0.270 e. The molecule has 1 aromatic heterocycles. The summed E-state index contributed by atoms with van der Waals surface area (Å²) in [7, 11) is 1.64. The Kier molecular flexibility index (Phi) is 4.93. The lowest BCUT2D eigenvalue weighted by atomic mass is 10.1. The van der Waals surface area contributed by atoms with Gasteiger partial charge in [-0.15, -0.1) is 0 Å². The van der Waals surface area contributed by atoms with E-state index in [0.717, 1.165) is 17.2 Å². The Bertz CT molecular complexity index is 616. The highest BCUT2D eigenvalue weighted by molar-refractivity contribution is 6.34. The molecule has 0 saturated heterocycles. The van der Waals surface area contributed by atoms with Gasteiger partial charge in [-0.25, -0.2) is 4.98 Å². The number of carbonyl (C=O) groups is 1. The van der Waals surface area contributed by atoms with Gasteiger partial charge < -0.3 is 10.1 Å². The lowest BCUT2D eigenvalue weighted by Crippen LogP contribution is -2.33. The minimum absolute atomic E-state index is 0.0227. The highest BCUT2D eigenvalue weighted by atomic mass is 35.5. The summed E-state index contributed by atoms with van der Waals surface area (Å²) < 4.78 is 4.99. The number of benzene rings is 1. The van der Waals surface area contributed by atoms with Gasteiger partial charge in [0.25, 0.3) is 5.91 Å². The van der Waals surface area contributed by atoms with Crippen molar-refractivity contribution in [3.63, 3.8) is 0 Å². The second-order valence-corrected chi connectivity index (χ2v) is 5.03. The number of hydrogen-bond acceptors (Lipinski definition) is 3. The molecule has 4 nitrogen and oxygen atoms in total. The fraction of sp³-hybridized carbons (Fsp3) is 0.333. The summed E-state index contributed by atoms with van der Waals surface area (Å²) in [6, 6.07) is 9.36. The van der Waals surface area contributed by atoms with Crippen LogP contribution in [0.1, 0.15) is 23.8 Å². The van der Waals surface area contributed by atoms with Crippen LogP contribution in [0, 0.1) is 0 Å². The SMILES string of the molecule is COCCC(C)NC(=O)c1cc2ccccc2c(Cl)n1. The average Bonchev–Trinajstić information content (AvgIpc) is 2.45. The van der Waals surface area contributed by atoms with Gasteiger partial charge >= 0.3 is 0 Å². The molecular formula is C15H17ClN2O2. The molecule has 0 aliphatic rings. The van der Waals surface area contributed by atoms with Crippen LogP contribution in [0.4, 0.5) is 0 Å². The van der Waals surface area contributed by atoms with Crippen LogP contribution in [-0.2, 0) is 4.74 Å². The number of nitrogens with zero attached hydrogens (tertiary/aromatic N) is 1. The monoisotopic (exact) mass is 292 g/mol. The van der Waals surface area contributed by atoms with E-state index in [9.17, 15) is 4.79 Å². The number of aromatic nitrogens is 1. The first-order valence-corrected chi connectivity index (χ1v) is 6.84. The number of pyridine rings is 1. The van der Waals surface area contributed by atoms with Gasteiger partial charge in [0.2, 0.25) is 0 Å². The van der Waals surface area contributed by atoms with Crippen LogP contribution in [0.15, 0.2) is 30.3 Å². The van der Waals surface area contributed by atoms with Crippen molar-refractivity contribution < 1.29 is 9.53 Å². The topological polar surface area (TPSA) is 51.2 Å². The van der Waals surface area contributed by atoms with Gasteiger partial charge in [-0.3, -0.25) is 4.79 Å². The van der Waals surface area contributed by atoms with E-state index in [0.29, 0.717) is 17.5 Å². The van der Waals surface area contributed by atoms with E-state index < -0.39 is 0 Å². The van der Waals surface area contributed by atoms with E-state index in [1.807, 2.05) is 31.2 Å². The first-order valence-electron chi connectivity index (χ1n) is 6.47. The fourth-order valence-corrected chi connectivity index (χ4v) is 2.20. The van der Waals surface area contributed by atoms with E-state index in [1.165, 1.54) is 0 Å². The summed E-state index contributed by atoms with van der Waals surface area (Å²) in [5, 5.41) is 4.98. The number of methoxy groups -OCH3 is 1. The van der Waals surface area contributed by atoms with Crippen LogP contribution in [0.3, 0.4) is 0 Å². The number of hydrogen-bond donors (Lipinski definition) is 1. The highest BCUT2D eigenvalue weighted by Crippen LogP contribution is 2.22.